The lowest BCUT2D eigenvalue weighted by atomic mass is 9.89. The van der Waals surface area contributed by atoms with Crippen molar-refractivity contribution in [2.75, 3.05) is 43.5 Å². The highest BCUT2D eigenvalue weighted by Gasteiger charge is 2.46. The summed E-state index contributed by atoms with van der Waals surface area (Å²) in [6.07, 6.45) is 5.47. The lowest BCUT2D eigenvalue weighted by Gasteiger charge is -2.40. The van der Waals surface area contributed by atoms with E-state index in [9.17, 15) is 26.3 Å². The molecule has 6 rings (SSSR count). The number of rotatable bonds is 12. The molecule has 4 heterocycles. The van der Waals surface area contributed by atoms with Crippen molar-refractivity contribution in [3.63, 3.8) is 0 Å². The number of pyridine rings is 2. The maximum atomic E-state index is 14.2. The van der Waals surface area contributed by atoms with Gasteiger partial charge in [-0.2, -0.15) is 4.31 Å². The summed E-state index contributed by atoms with van der Waals surface area (Å²) in [7, 11) is -7.66. The first-order valence-electron chi connectivity index (χ1n) is 15.6. The third-order valence-electron chi connectivity index (χ3n) is 8.81. The van der Waals surface area contributed by atoms with Gasteiger partial charge in [-0.15, -0.1) is 0 Å². The van der Waals surface area contributed by atoms with Crippen molar-refractivity contribution >= 4 is 36.5 Å². The molecule has 4 aromatic rings. The van der Waals surface area contributed by atoms with Gasteiger partial charge in [0.1, 0.15) is 35.4 Å². The highest BCUT2D eigenvalue weighted by molar-refractivity contribution is 7.91. The quantitative estimate of drug-likeness (QED) is 0.224. The van der Waals surface area contributed by atoms with Crippen LogP contribution in [0.4, 0.5) is 10.1 Å². The number of ether oxygens (including phenoxy) is 2. The third-order valence-corrected chi connectivity index (χ3v) is 12.3. The van der Waals surface area contributed by atoms with Gasteiger partial charge in [-0.25, -0.2) is 21.2 Å². The second-order valence-electron chi connectivity index (χ2n) is 12.1. The van der Waals surface area contributed by atoms with Crippen LogP contribution in [0, 0.1) is 5.82 Å². The van der Waals surface area contributed by atoms with Gasteiger partial charge in [0.05, 0.1) is 40.3 Å². The minimum atomic E-state index is -3.91. The van der Waals surface area contributed by atoms with E-state index in [1.807, 2.05) is 35.2 Å². The van der Waals surface area contributed by atoms with E-state index in [4.69, 9.17) is 14.6 Å². The van der Waals surface area contributed by atoms with Crippen molar-refractivity contribution in [1.82, 2.24) is 14.3 Å². The number of sulfonamides is 1. The standard InChI is InChI=1S/C33H37FN4O8S2/c34-25-17-28(19-29(18-25)47(41,42)15-14-39)45-23-27(40)22-38(26-5-3-11-35-20-26)32-7-8-33(46-32)9-12-37(13-10-33)48(43,44)30-16-24-4-1-2-6-31(24)36-21-30/h1-6,11,16-21,27,32,39-40H,7-10,12-15,22-23H2/t27-,32+/m0/s1. The normalized spacial score (nSPS) is 19.0. The fourth-order valence-electron chi connectivity index (χ4n) is 6.28. The van der Waals surface area contributed by atoms with Crippen LogP contribution in [-0.2, 0) is 24.6 Å². The molecule has 0 radical (unpaired) electrons. The van der Waals surface area contributed by atoms with Crippen LogP contribution in [0.1, 0.15) is 25.7 Å². The Kier molecular flexibility index (Phi) is 9.97. The second-order valence-corrected chi connectivity index (χ2v) is 16.1. The van der Waals surface area contributed by atoms with Crippen LogP contribution >= 0.6 is 0 Å². The van der Waals surface area contributed by atoms with E-state index in [2.05, 4.69) is 9.97 Å². The number of halogens is 1. The Hall–Kier alpha value is -3.73. The van der Waals surface area contributed by atoms with Crippen molar-refractivity contribution in [2.45, 2.75) is 53.4 Å². The Balaban J connectivity index is 1.11. The third kappa shape index (κ3) is 7.46. The Bertz CT molecular complexity index is 1960. The molecule has 256 valence electrons. The van der Waals surface area contributed by atoms with E-state index in [1.165, 1.54) is 10.5 Å². The predicted octanol–water partition coefficient (Wildman–Crippen LogP) is 3.14. The zero-order valence-corrected chi connectivity index (χ0v) is 27.7. The van der Waals surface area contributed by atoms with Crippen LogP contribution in [0.25, 0.3) is 10.9 Å². The van der Waals surface area contributed by atoms with Crippen LogP contribution in [0.3, 0.4) is 0 Å². The maximum Gasteiger partial charge on any atom is 0.244 e. The van der Waals surface area contributed by atoms with Gasteiger partial charge in [0.25, 0.3) is 0 Å². The summed E-state index contributed by atoms with van der Waals surface area (Å²) >= 11 is 0. The van der Waals surface area contributed by atoms with E-state index < -0.39 is 56.0 Å². The molecule has 0 aliphatic carbocycles. The van der Waals surface area contributed by atoms with Gasteiger partial charge in [0.2, 0.25) is 10.0 Å². The van der Waals surface area contributed by atoms with Gasteiger partial charge in [-0.1, -0.05) is 18.2 Å². The Morgan fingerprint density at radius 3 is 2.56 bits per heavy atom. The van der Waals surface area contributed by atoms with E-state index >= 15 is 0 Å². The Morgan fingerprint density at radius 1 is 1.02 bits per heavy atom. The minimum absolute atomic E-state index is 0.0624. The number of anilines is 1. The summed E-state index contributed by atoms with van der Waals surface area (Å²) in [5.74, 6) is -1.46. The van der Waals surface area contributed by atoms with E-state index in [-0.39, 0.29) is 41.8 Å². The molecule has 2 aliphatic heterocycles. The number of aromatic nitrogens is 2. The molecule has 2 N–H and O–H groups in total. The minimum Gasteiger partial charge on any atom is -0.491 e. The van der Waals surface area contributed by atoms with Crippen molar-refractivity contribution in [3.8, 4) is 5.75 Å². The smallest absolute Gasteiger partial charge is 0.244 e. The molecule has 0 unspecified atom stereocenters. The van der Waals surface area contributed by atoms with E-state index in [0.29, 0.717) is 31.4 Å². The molecule has 0 amide bonds. The fourth-order valence-corrected chi connectivity index (χ4v) is 8.77. The molecule has 2 saturated heterocycles. The molecule has 12 nitrogen and oxygen atoms in total. The highest BCUT2D eigenvalue weighted by Crippen LogP contribution is 2.42. The SMILES string of the molecule is O=S(=O)(CCO)c1cc(F)cc(OC[C@@H](O)CN(c2cccnc2)[C@H]2CCC3(CCN(S(=O)(=O)c4cnc5ccccc5c4)CC3)O2)c1. The van der Waals surface area contributed by atoms with Crippen molar-refractivity contribution in [3.05, 3.63) is 85.1 Å². The summed E-state index contributed by atoms with van der Waals surface area (Å²) in [5, 5.41) is 20.8. The van der Waals surface area contributed by atoms with Crippen molar-refractivity contribution in [2.24, 2.45) is 0 Å². The van der Waals surface area contributed by atoms with Crippen LogP contribution in [0.5, 0.6) is 5.75 Å². The molecular formula is C33H37FN4O8S2. The van der Waals surface area contributed by atoms with Gasteiger partial charge in [-0.05, 0) is 62.1 Å². The Labute approximate surface area is 278 Å². The number of nitrogens with zero attached hydrogens (tertiary/aromatic N) is 4. The predicted molar refractivity (Wildman–Crippen MR) is 175 cm³/mol. The van der Waals surface area contributed by atoms with Gasteiger partial charge < -0.3 is 24.6 Å². The molecule has 1 spiro atoms. The first-order chi connectivity index (χ1) is 23.0. The zero-order chi connectivity index (χ0) is 33.9. The number of fused-ring (bicyclic) bond motifs is 1. The number of para-hydroxylation sites is 1. The lowest BCUT2D eigenvalue weighted by molar-refractivity contribution is -0.0704. The topological polar surface area (TPSA) is 159 Å². The molecule has 0 saturated carbocycles. The van der Waals surface area contributed by atoms with Crippen LogP contribution in [0.2, 0.25) is 0 Å². The zero-order valence-electron chi connectivity index (χ0n) is 26.1. The first kappa shape index (κ1) is 34.1. The van der Waals surface area contributed by atoms with Crippen LogP contribution < -0.4 is 9.64 Å². The second kappa shape index (κ2) is 14.0. The molecule has 2 aliphatic rings. The monoisotopic (exact) mass is 700 g/mol. The van der Waals surface area contributed by atoms with E-state index in [1.54, 1.807) is 24.5 Å². The largest absolute Gasteiger partial charge is 0.491 e. The molecular weight excluding hydrogens is 664 g/mol. The summed E-state index contributed by atoms with van der Waals surface area (Å²) in [4.78, 5) is 10.3. The highest BCUT2D eigenvalue weighted by atomic mass is 32.2. The fraction of sp³-hybridized carbons (Fsp3) is 0.394. The summed E-state index contributed by atoms with van der Waals surface area (Å²) in [6.45, 7) is -0.243. The average molecular weight is 701 g/mol. The van der Waals surface area contributed by atoms with Gasteiger partial charge in [-0.3, -0.25) is 9.97 Å². The number of hydrogen-bond acceptors (Lipinski definition) is 11. The summed E-state index contributed by atoms with van der Waals surface area (Å²) in [5.41, 5.74) is 0.880. The number of hydrogen-bond donors (Lipinski definition) is 2. The van der Waals surface area contributed by atoms with Gasteiger partial charge >= 0.3 is 0 Å². The van der Waals surface area contributed by atoms with Crippen molar-refractivity contribution < 1.29 is 40.9 Å². The Morgan fingerprint density at radius 2 is 1.81 bits per heavy atom. The van der Waals surface area contributed by atoms with Gasteiger partial charge in [0.15, 0.2) is 9.84 Å². The molecule has 0 bridgehead atoms. The average Bonchev–Trinajstić information content (AvgIpc) is 3.49. The molecule has 2 atom stereocenters. The van der Waals surface area contributed by atoms with Crippen molar-refractivity contribution in [1.29, 1.82) is 0 Å². The molecule has 2 aromatic carbocycles. The van der Waals surface area contributed by atoms with Crippen LogP contribution in [0.15, 0.2) is 89.0 Å². The number of benzene rings is 2. The summed E-state index contributed by atoms with van der Waals surface area (Å²) in [6, 6.07) is 15.7. The lowest BCUT2D eigenvalue weighted by Crippen LogP contribution is -2.48. The number of sulfone groups is 1. The molecule has 2 aromatic heterocycles. The molecule has 2 fully saturated rings. The molecule has 48 heavy (non-hydrogen) atoms. The number of piperidine rings is 1. The maximum absolute atomic E-state index is 14.2. The van der Waals surface area contributed by atoms with Gasteiger partial charge in [0, 0.05) is 43.5 Å². The summed E-state index contributed by atoms with van der Waals surface area (Å²) < 4.78 is 79.7. The number of aliphatic hydroxyl groups excluding tert-OH is 2. The van der Waals surface area contributed by atoms with E-state index in [0.717, 1.165) is 29.1 Å². The number of aliphatic hydroxyl groups is 2. The first-order valence-corrected chi connectivity index (χ1v) is 18.7. The van der Waals surface area contributed by atoms with Crippen LogP contribution in [-0.4, -0.2) is 97.9 Å². The molecule has 15 heteroatoms.